The van der Waals surface area contributed by atoms with E-state index < -0.39 is 20.4 Å². The number of aryl methyl sites for hydroxylation is 2. The zero-order valence-electron chi connectivity index (χ0n) is 21.5. The first-order valence-corrected chi connectivity index (χ1v) is 20.4. The summed E-state index contributed by atoms with van der Waals surface area (Å²) in [5.74, 6) is 0.651. The molecular weight excluding hydrogens is 539 g/mol. The molecule has 2 aromatic carbocycles. The molecule has 0 heterocycles. The van der Waals surface area contributed by atoms with Gasteiger partial charge in [0.1, 0.15) is 0 Å². The molecule has 2 atom stereocenters. The molecule has 0 bridgehead atoms. The maximum atomic E-state index is 2.62. The van der Waals surface area contributed by atoms with Gasteiger partial charge in [0.2, 0.25) is 0 Å². The fourth-order valence-corrected chi connectivity index (χ4v) is 26.4. The average molecular weight is 575 g/mol. The predicted molar refractivity (Wildman–Crippen MR) is 135 cm³/mol. The summed E-state index contributed by atoms with van der Waals surface area (Å²) < 4.78 is 2.60. The van der Waals surface area contributed by atoms with E-state index in [-0.39, 0.29) is 30.2 Å². The largest absolute Gasteiger partial charge is 1.00 e. The smallest absolute Gasteiger partial charge is 1.00 e. The van der Waals surface area contributed by atoms with Gasteiger partial charge >= 0.3 is 198 Å². The van der Waals surface area contributed by atoms with E-state index in [1.165, 1.54) is 27.8 Å². The summed E-state index contributed by atoms with van der Waals surface area (Å²) >= 11 is -1.98. The van der Waals surface area contributed by atoms with Gasteiger partial charge in [0.15, 0.2) is 0 Å². The van der Waals surface area contributed by atoms with E-state index in [1.54, 1.807) is 27.9 Å². The zero-order valence-corrected chi connectivity index (χ0v) is 26.4. The summed E-state index contributed by atoms with van der Waals surface area (Å²) in [6.45, 7) is 21.9. The Hall–Kier alpha value is -0.660. The maximum absolute atomic E-state index is 2.62. The van der Waals surface area contributed by atoms with Crippen molar-refractivity contribution in [3.63, 3.8) is 0 Å². The molecule has 0 aliphatic heterocycles. The molecule has 33 heavy (non-hydrogen) atoms. The van der Waals surface area contributed by atoms with Crippen molar-refractivity contribution in [3.8, 4) is 0 Å². The molecule has 4 rings (SSSR count). The molecule has 0 radical (unpaired) electrons. The Morgan fingerprint density at radius 3 is 1.85 bits per heavy atom. The van der Waals surface area contributed by atoms with Crippen LogP contribution in [0.5, 0.6) is 0 Å². The van der Waals surface area contributed by atoms with E-state index in [0.29, 0.717) is 9.54 Å². The van der Waals surface area contributed by atoms with E-state index in [4.69, 9.17) is 0 Å². The molecule has 174 valence electrons. The van der Waals surface area contributed by atoms with Gasteiger partial charge in [0, 0.05) is 0 Å². The van der Waals surface area contributed by atoms with Gasteiger partial charge in [0.25, 0.3) is 0 Å². The van der Waals surface area contributed by atoms with E-state index in [0.717, 1.165) is 0 Å². The van der Waals surface area contributed by atoms with E-state index in [2.05, 4.69) is 104 Å². The predicted octanol–water partition coefficient (Wildman–Crippen LogP) is 2.32. The van der Waals surface area contributed by atoms with E-state index in [1.807, 2.05) is 3.28 Å². The number of rotatable bonds is 3. The maximum Gasteiger partial charge on any atom is -1.00 e. The third-order valence-corrected chi connectivity index (χ3v) is 26.9. The van der Waals surface area contributed by atoms with Gasteiger partial charge in [-0.1, -0.05) is 0 Å². The Labute approximate surface area is 221 Å². The van der Waals surface area contributed by atoms with Crippen LogP contribution in [0.3, 0.4) is 0 Å². The van der Waals surface area contributed by atoms with Crippen LogP contribution in [0, 0.1) is 19.8 Å². The van der Waals surface area contributed by atoms with Gasteiger partial charge in [-0.25, -0.2) is 0 Å². The van der Waals surface area contributed by atoms with Crippen LogP contribution < -0.4 is 24.8 Å². The van der Waals surface area contributed by atoms with Crippen molar-refractivity contribution in [2.45, 2.75) is 65.2 Å². The van der Waals surface area contributed by atoms with Crippen molar-refractivity contribution >= 4 is 11.0 Å². The van der Waals surface area contributed by atoms with E-state index >= 15 is 0 Å². The molecule has 0 aromatic heterocycles. The van der Waals surface area contributed by atoms with Crippen LogP contribution in [0.1, 0.15) is 66.1 Å². The van der Waals surface area contributed by atoms with Crippen LogP contribution in [0.25, 0.3) is 5.57 Å². The van der Waals surface area contributed by atoms with Gasteiger partial charge in [-0.3, -0.25) is 0 Å². The van der Waals surface area contributed by atoms with Gasteiger partial charge < -0.3 is 24.8 Å². The summed E-state index contributed by atoms with van der Waals surface area (Å²) in [5.41, 5.74) is 15.1. The summed E-state index contributed by atoms with van der Waals surface area (Å²) in [4.78, 5) is 0. The molecule has 2 aromatic rings. The minimum absolute atomic E-state index is 0. The molecule has 4 heteroatoms. The molecular formula is C29H36Cl2SiZr. The second-order valence-electron chi connectivity index (χ2n) is 9.86. The number of hydrogen-bond donors (Lipinski definition) is 0. The van der Waals surface area contributed by atoms with Crippen LogP contribution in [-0.4, -0.2) is 5.43 Å². The van der Waals surface area contributed by atoms with Crippen molar-refractivity contribution < 1.29 is 45.2 Å². The summed E-state index contributed by atoms with van der Waals surface area (Å²) in [6, 6.07) is 16.2. The standard InChI is InChI=1S/C18H17.C9H13.C2H6Si.2ClH.Zr/c1-12-9-16-10-14(3)18(17(16)11-13(12)2)15-7-5-4-6-8-15;1-6-5-7(2)9(4)8(6)3;1-3-2;;;/h4-11H,1-3H3;6H,1-4H3;1-2H3;2*1H;/q;;;;;+2/p-2. The molecule has 0 fully saturated rings. The first-order chi connectivity index (χ1) is 14.6. The normalized spacial score (nSPS) is 19.2. The Morgan fingerprint density at radius 1 is 0.758 bits per heavy atom. The third-order valence-electron chi connectivity index (χ3n) is 7.89. The fourth-order valence-electron chi connectivity index (χ4n) is 5.76. The SMILES string of the molecule is CC1=C(C)C(C)[C]([Zr+2]([CH]2C(C)=C(c3ccccc3)c3cc(C)c(C)cc32)=[Si](C)C)=C1C.[Cl-].[Cl-]. The van der Waals surface area contributed by atoms with Gasteiger partial charge in [-0.2, -0.15) is 0 Å². The van der Waals surface area contributed by atoms with Crippen molar-refractivity contribution in [1.82, 2.24) is 0 Å². The fraction of sp³-hybridized carbons (Fsp3) is 0.379. The zero-order chi connectivity index (χ0) is 22.6. The van der Waals surface area contributed by atoms with Crippen LogP contribution in [-0.2, 0) is 20.4 Å². The first kappa shape index (κ1) is 28.6. The molecule has 2 aliphatic rings. The van der Waals surface area contributed by atoms with Crippen molar-refractivity contribution in [3.05, 3.63) is 95.9 Å². The number of allylic oxidation sites excluding steroid dienone is 5. The molecule has 0 N–H and O–H groups in total. The van der Waals surface area contributed by atoms with Crippen LogP contribution in [0.4, 0.5) is 0 Å². The monoisotopic (exact) mass is 572 g/mol. The summed E-state index contributed by atoms with van der Waals surface area (Å²) in [5, 5.41) is 0. The summed E-state index contributed by atoms with van der Waals surface area (Å²) in [7, 11) is 0. The van der Waals surface area contributed by atoms with Crippen LogP contribution >= 0.6 is 0 Å². The van der Waals surface area contributed by atoms with Gasteiger partial charge in [-0.15, -0.1) is 0 Å². The average Bonchev–Trinajstić information content (AvgIpc) is 3.10. The third kappa shape index (κ3) is 4.75. The Kier molecular flexibility index (Phi) is 9.48. The first-order valence-electron chi connectivity index (χ1n) is 11.6. The number of benzene rings is 2. The Morgan fingerprint density at radius 2 is 1.33 bits per heavy atom. The number of halogens is 2. The minimum Gasteiger partial charge on any atom is -1.00 e. The topological polar surface area (TPSA) is 0 Å². The quantitative estimate of drug-likeness (QED) is 0.494. The molecule has 0 amide bonds. The Bertz CT molecular complexity index is 1210. The van der Waals surface area contributed by atoms with Crippen LogP contribution in [0.15, 0.2) is 68.0 Å². The number of fused-ring (bicyclic) bond motifs is 1. The second kappa shape index (κ2) is 10.9. The molecule has 0 saturated carbocycles. The molecule has 0 spiro atoms. The number of hydrogen-bond acceptors (Lipinski definition) is 0. The molecule has 0 saturated heterocycles. The minimum atomic E-state index is -1.98. The molecule has 0 nitrogen and oxygen atoms in total. The molecule has 2 aliphatic carbocycles. The second-order valence-corrected chi connectivity index (χ2v) is 27.2. The van der Waals surface area contributed by atoms with Crippen LogP contribution in [0.2, 0.25) is 13.1 Å². The van der Waals surface area contributed by atoms with Crippen molar-refractivity contribution in [2.75, 3.05) is 0 Å². The van der Waals surface area contributed by atoms with E-state index in [9.17, 15) is 0 Å². The Balaban J connectivity index is 0.00000193. The molecule has 2 unspecified atom stereocenters. The van der Waals surface area contributed by atoms with Gasteiger partial charge in [0.05, 0.1) is 0 Å². The van der Waals surface area contributed by atoms with Gasteiger partial charge in [-0.05, 0) is 0 Å². The van der Waals surface area contributed by atoms with Crippen molar-refractivity contribution in [1.29, 1.82) is 0 Å². The summed E-state index contributed by atoms with van der Waals surface area (Å²) in [6.07, 6.45) is 0. The van der Waals surface area contributed by atoms with Crippen molar-refractivity contribution in [2.24, 2.45) is 5.92 Å².